The van der Waals surface area contributed by atoms with E-state index in [1.165, 1.54) is 25.1 Å². The number of carbonyl (C=O) groups is 2. The maximum Gasteiger partial charge on any atom is 0.347 e. The number of nitrogen functional groups attached to an aromatic ring is 1. The molecular weight excluding hydrogens is 480 g/mol. The molecule has 36 heavy (non-hydrogen) atoms. The van der Waals surface area contributed by atoms with Gasteiger partial charge in [0.2, 0.25) is 0 Å². The molecule has 2 heterocycles. The van der Waals surface area contributed by atoms with Gasteiger partial charge in [0, 0.05) is 17.9 Å². The first-order chi connectivity index (χ1) is 17.3. The highest BCUT2D eigenvalue weighted by molar-refractivity contribution is 7.99. The summed E-state index contributed by atoms with van der Waals surface area (Å²) >= 11 is 0.976. The topological polar surface area (TPSA) is 161 Å². The van der Waals surface area contributed by atoms with E-state index < -0.39 is 17.4 Å². The van der Waals surface area contributed by atoms with Gasteiger partial charge < -0.3 is 9.15 Å². The van der Waals surface area contributed by atoms with Crippen LogP contribution in [0.4, 0.5) is 5.82 Å². The summed E-state index contributed by atoms with van der Waals surface area (Å²) in [5.74, 6) is -0.860. The van der Waals surface area contributed by atoms with Crippen molar-refractivity contribution >= 4 is 40.3 Å². The SMILES string of the molecule is CC(=O)Oc1ccc(-c2c(C#N)c(N)[nH+]c(SCC(=O)c3cc4ccccc4oc3=O)c2C#N)cc1. The van der Waals surface area contributed by atoms with E-state index in [-0.39, 0.29) is 38.9 Å². The summed E-state index contributed by atoms with van der Waals surface area (Å²) in [6.07, 6.45) is 0. The van der Waals surface area contributed by atoms with Crippen molar-refractivity contribution < 1.29 is 23.7 Å². The number of hydrogen-bond donors (Lipinski definition) is 1. The number of ketones is 1. The molecule has 0 aliphatic rings. The zero-order chi connectivity index (χ0) is 25.8. The molecule has 0 atom stereocenters. The van der Waals surface area contributed by atoms with Crippen molar-refractivity contribution in [1.29, 1.82) is 10.5 Å². The molecule has 9 nitrogen and oxygen atoms in total. The van der Waals surface area contributed by atoms with Crippen molar-refractivity contribution in [3.05, 3.63) is 81.7 Å². The maximum atomic E-state index is 12.9. The number of fused-ring (bicyclic) bond motifs is 1. The van der Waals surface area contributed by atoms with Crippen LogP contribution in [0.25, 0.3) is 22.1 Å². The molecule has 10 heteroatoms. The zero-order valence-electron chi connectivity index (χ0n) is 18.8. The first kappa shape index (κ1) is 24.2. The van der Waals surface area contributed by atoms with Gasteiger partial charge in [-0.15, -0.1) is 0 Å². The van der Waals surface area contributed by atoms with E-state index in [0.29, 0.717) is 22.3 Å². The molecule has 0 amide bonds. The number of nitrogens with two attached hydrogens (primary N) is 1. The number of carbonyl (C=O) groups excluding carboxylic acids is 2. The highest BCUT2D eigenvalue weighted by atomic mass is 32.2. The third-order valence-corrected chi connectivity index (χ3v) is 6.16. The van der Waals surface area contributed by atoms with Crippen molar-refractivity contribution in [2.45, 2.75) is 11.9 Å². The fraction of sp³-hybridized carbons (Fsp3) is 0.0769. The van der Waals surface area contributed by atoms with Crippen LogP contribution in [0.2, 0.25) is 0 Å². The smallest absolute Gasteiger partial charge is 0.347 e. The van der Waals surface area contributed by atoms with E-state index in [2.05, 4.69) is 11.1 Å². The number of para-hydroxylation sites is 1. The lowest BCUT2D eigenvalue weighted by atomic mass is 9.97. The number of pyridine rings is 1. The number of benzene rings is 2. The number of nitrogens with one attached hydrogen (secondary N) is 1. The third kappa shape index (κ3) is 4.80. The fourth-order valence-corrected chi connectivity index (χ4v) is 4.47. The van der Waals surface area contributed by atoms with Crippen LogP contribution in [0.3, 0.4) is 0 Å². The molecule has 2 aromatic carbocycles. The van der Waals surface area contributed by atoms with Crippen molar-refractivity contribution in [2.24, 2.45) is 0 Å². The summed E-state index contributed by atoms with van der Waals surface area (Å²) in [5.41, 5.74) is 6.50. The van der Waals surface area contributed by atoms with Gasteiger partial charge in [0.15, 0.2) is 10.8 Å². The summed E-state index contributed by atoms with van der Waals surface area (Å²) in [6, 6.07) is 18.6. The minimum absolute atomic E-state index is 0.00994. The Hall–Kier alpha value is -4.93. The predicted molar refractivity (Wildman–Crippen MR) is 131 cm³/mol. The number of nitriles is 2. The fourth-order valence-electron chi connectivity index (χ4n) is 3.57. The second-order valence-corrected chi connectivity index (χ2v) is 8.52. The molecule has 4 rings (SSSR count). The van der Waals surface area contributed by atoms with Gasteiger partial charge in [-0.3, -0.25) is 15.3 Å². The molecule has 0 saturated carbocycles. The summed E-state index contributed by atoms with van der Waals surface area (Å²) in [7, 11) is 0. The normalized spacial score (nSPS) is 10.4. The van der Waals surface area contributed by atoms with E-state index in [1.807, 2.05) is 6.07 Å². The van der Waals surface area contributed by atoms with Crippen LogP contribution in [0.5, 0.6) is 5.75 Å². The molecule has 0 spiro atoms. The van der Waals surface area contributed by atoms with Gasteiger partial charge in [0.05, 0.1) is 5.75 Å². The number of thioether (sulfide) groups is 1. The minimum Gasteiger partial charge on any atom is -0.427 e. The number of nitrogens with zero attached hydrogens (tertiary/aromatic N) is 2. The standard InChI is InChI=1S/C26H16N4O5S/c1-14(31)34-17-8-6-15(7-9-17)23-19(11-27)24(29)30-25(20(23)12-28)36-13-21(32)18-10-16-4-2-3-5-22(16)35-26(18)33/h2-10H,13H2,1H3,(H2,29,30)/p+1. The number of Topliss-reactive ketones (excluding diaryl/α,β-unsaturated/α-hetero) is 1. The molecule has 0 unspecified atom stereocenters. The Morgan fingerprint density at radius 1 is 1.08 bits per heavy atom. The molecule has 4 aromatic rings. The molecule has 0 bridgehead atoms. The number of esters is 1. The highest BCUT2D eigenvalue weighted by Crippen LogP contribution is 2.34. The van der Waals surface area contributed by atoms with Gasteiger partial charge in [-0.25, -0.2) is 9.78 Å². The van der Waals surface area contributed by atoms with E-state index >= 15 is 0 Å². The quantitative estimate of drug-likeness (QED) is 0.138. The van der Waals surface area contributed by atoms with Crippen molar-refractivity contribution in [3.8, 4) is 29.0 Å². The van der Waals surface area contributed by atoms with Crippen LogP contribution < -0.4 is 21.1 Å². The lowest BCUT2D eigenvalue weighted by molar-refractivity contribution is -0.410. The molecule has 0 aliphatic heterocycles. The molecular formula is C26H17N4O5S+. The monoisotopic (exact) mass is 497 g/mol. The highest BCUT2D eigenvalue weighted by Gasteiger charge is 2.25. The number of rotatable bonds is 6. The van der Waals surface area contributed by atoms with Gasteiger partial charge in [0.1, 0.15) is 40.2 Å². The third-order valence-electron chi connectivity index (χ3n) is 5.16. The number of hydrogen-bond acceptors (Lipinski definition) is 9. The number of ether oxygens (including phenoxy) is 1. The first-order valence-corrected chi connectivity index (χ1v) is 11.5. The number of anilines is 1. The predicted octanol–water partition coefficient (Wildman–Crippen LogP) is 3.50. The first-order valence-electron chi connectivity index (χ1n) is 10.5. The number of aromatic amines is 1. The van der Waals surface area contributed by atoms with E-state index in [4.69, 9.17) is 14.9 Å². The Kier molecular flexibility index (Phi) is 6.81. The van der Waals surface area contributed by atoms with Gasteiger partial charge in [-0.1, -0.05) is 42.1 Å². The van der Waals surface area contributed by atoms with Crippen molar-refractivity contribution in [1.82, 2.24) is 0 Å². The zero-order valence-corrected chi connectivity index (χ0v) is 19.6. The van der Waals surface area contributed by atoms with Gasteiger partial charge >= 0.3 is 11.6 Å². The molecule has 176 valence electrons. The molecule has 0 fully saturated rings. The van der Waals surface area contributed by atoms with Crippen LogP contribution in [0.15, 0.2) is 68.8 Å². The van der Waals surface area contributed by atoms with Crippen LogP contribution >= 0.6 is 11.8 Å². The molecule has 2 aromatic heterocycles. The van der Waals surface area contributed by atoms with E-state index in [9.17, 15) is 24.9 Å². The summed E-state index contributed by atoms with van der Waals surface area (Å²) in [4.78, 5) is 39.2. The minimum atomic E-state index is -0.753. The van der Waals surface area contributed by atoms with Crippen LogP contribution in [0, 0.1) is 22.7 Å². The molecule has 0 saturated heterocycles. The van der Waals surface area contributed by atoms with E-state index in [1.54, 1.807) is 36.4 Å². The van der Waals surface area contributed by atoms with Gasteiger partial charge in [-0.2, -0.15) is 10.5 Å². The summed E-state index contributed by atoms with van der Waals surface area (Å²) in [6.45, 7) is 1.27. The van der Waals surface area contributed by atoms with Crippen LogP contribution in [0.1, 0.15) is 28.4 Å². The van der Waals surface area contributed by atoms with E-state index in [0.717, 1.165) is 11.8 Å². The van der Waals surface area contributed by atoms with Gasteiger partial charge in [0.25, 0.3) is 5.82 Å². The average Bonchev–Trinajstić information content (AvgIpc) is 2.86. The Bertz CT molecular complexity index is 1660. The molecule has 0 aliphatic carbocycles. The van der Waals surface area contributed by atoms with Crippen LogP contribution in [-0.4, -0.2) is 17.5 Å². The molecule has 3 N–H and O–H groups in total. The van der Waals surface area contributed by atoms with Crippen molar-refractivity contribution in [3.63, 3.8) is 0 Å². The Balaban J connectivity index is 1.69. The lowest BCUT2D eigenvalue weighted by Crippen LogP contribution is -2.20. The Labute approximate surface area is 208 Å². The number of H-pyrrole nitrogens is 1. The molecule has 0 radical (unpaired) electrons. The summed E-state index contributed by atoms with van der Waals surface area (Å²) < 4.78 is 10.3. The maximum absolute atomic E-state index is 12.9. The second-order valence-electron chi connectivity index (χ2n) is 7.53. The average molecular weight is 498 g/mol. The largest absolute Gasteiger partial charge is 0.427 e. The van der Waals surface area contributed by atoms with Gasteiger partial charge in [-0.05, 0) is 29.8 Å². The Morgan fingerprint density at radius 2 is 1.78 bits per heavy atom. The number of aromatic nitrogens is 1. The lowest BCUT2D eigenvalue weighted by Gasteiger charge is -2.11. The second kappa shape index (κ2) is 10.1. The van der Waals surface area contributed by atoms with Crippen LogP contribution in [-0.2, 0) is 4.79 Å². The van der Waals surface area contributed by atoms with Crippen molar-refractivity contribution in [2.75, 3.05) is 11.5 Å². The Morgan fingerprint density at radius 3 is 2.44 bits per heavy atom. The summed E-state index contributed by atoms with van der Waals surface area (Å²) in [5, 5.41) is 20.5.